The molecule has 0 saturated carbocycles. The summed E-state index contributed by atoms with van der Waals surface area (Å²) in [7, 11) is 0. The molecule has 0 spiro atoms. The molecule has 0 aromatic heterocycles. The van der Waals surface area contributed by atoms with Crippen LogP contribution in [0.15, 0.2) is 236 Å². The Hall–Kier alpha value is -7.48. The number of hydrogen-bond acceptors (Lipinski definition) is 1. The largest absolute Gasteiger partial charge is 0.310 e. The van der Waals surface area contributed by atoms with Crippen LogP contribution in [-0.4, -0.2) is 0 Å². The van der Waals surface area contributed by atoms with E-state index in [1.54, 1.807) is 0 Å². The van der Waals surface area contributed by atoms with Crippen molar-refractivity contribution in [3.8, 4) is 55.6 Å². The monoisotopic (exact) mass is 729 g/mol. The number of rotatable bonds is 8. The minimum atomic E-state index is -0.123. The first-order valence-electron chi connectivity index (χ1n) is 21.3. The molecular weight excluding hydrogens is 687 g/mol. The van der Waals surface area contributed by atoms with E-state index in [0.29, 0.717) is 11.3 Å². The van der Waals surface area contributed by atoms with Gasteiger partial charge < -0.3 is 4.90 Å². The number of nitrogens with zero attached hydrogens (tertiary/aromatic N) is 1. The Kier molecular flexibility index (Phi) is 7.84. The summed E-state index contributed by atoms with van der Waals surface area (Å²) in [6, 6.07) is 71.4. The smallest absolute Gasteiger partial charge is 0.0645 e. The highest BCUT2D eigenvalue weighted by atomic mass is 15.1. The van der Waals surface area contributed by atoms with Gasteiger partial charge in [0.05, 0.1) is 5.48 Å². The summed E-state index contributed by atoms with van der Waals surface area (Å²) in [5, 5.41) is 4.40. The Morgan fingerprint density at radius 1 is 0.281 bits per heavy atom. The fourth-order valence-electron chi connectivity index (χ4n) is 7.93. The molecule has 1 nitrogen and oxygen atoms in total. The highest BCUT2D eigenvalue weighted by Crippen LogP contribution is 2.42. The van der Waals surface area contributed by atoms with Crippen molar-refractivity contribution in [2.45, 2.75) is 0 Å². The third-order valence-corrected chi connectivity index (χ3v) is 10.7. The number of benzene rings is 10. The highest BCUT2D eigenvalue weighted by Gasteiger charge is 2.17. The molecule has 0 aliphatic heterocycles. The summed E-state index contributed by atoms with van der Waals surface area (Å²) in [5.41, 5.74) is 10.9. The van der Waals surface area contributed by atoms with Gasteiger partial charge in [0.2, 0.25) is 0 Å². The van der Waals surface area contributed by atoms with E-state index >= 15 is 0 Å². The fraction of sp³-hybridized carbons (Fsp3) is 0. The lowest BCUT2D eigenvalue weighted by atomic mass is 9.90. The van der Waals surface area contributed by atoms with Crippen molar-refractivity contribution < 1.29 is 5.48 Å². The molecule has 0 unspecified atom stereocenters. The lowest BCUT2D eigenvalue weighted by Crippen LogP contribution is -2.09. The Morgan fingerprint density at radius 3 is 1.49 bits per heavy atom. The van der Waals surface area contributed by atoms with E-state index in [-0.39, 0.29) is 35.4 Å². The van der Waals surface area contributed by atoms with Crippen LogP contribution in [-0.2, 0) is 0 Å². The van der Waals surface area contributed by atoms with Gasteiger partial charge >= 0.3 is 0 Å². The summed E-state index contributed by atoms with van der Waals surface area (Å²) < 4.78 is 38.4. The molecule has 1 heteroatoms. The standard InChI is InChI=1S/C56H39N/c1-4-15-42(16-5-1)52-36-30-48(39-55(52)43-17-6-2-7-18-43)41-24-31-49(32-25-41)57(51-35-26-40-14-10-11-22-47(40)38-51)50-33-27-45(28-34-50)54-37-29-44-19-12-13-23-53(44)56(54)46-20-8-3-9-21-46/h1-39H/i24D,25D,31D,32D. The van der Waals surface area contributed by atoms with Gasteiger partial charge in [-0.05, 0) is 120 Å². The first-order chi connectivity index (χ1) is 29.9. The Bertz CT molecular complexity index is 3190. The van der Waals surface area contributed by atoms with Crippen molar-refractivity contribution in [1.29, 1.82) is 0 Å². The summed E-state index contributed by atoms with van der Waals surface area (Å²) in [5.74, 6) is 0. The van der Waals surface area contributed by atoms with Gasteiger partial charge in [-0.25, -0.2) is 0 Å². The molecule has 10 aromatic carbocycles. The summed E-state index contributed by atoms with van der Waals surface area (Å²) in [6.07, 6.45) is 0. The Labute approximate surface area is 340 Å². The lowest BCUT2D eigenvalue weighted by molar-refractivity contribution is 1.29. The molecular formula is C56H39N. The molecule has 0 fully saturated rings. The second-order valence-electron chi connectivity index (χ2n) is 14.2. The predicted octanol–water partition coefficient (Wildman–Crippen LogP) is 15.8. The van der Waals surface area contributed by atoms with Crippen LogP contribution < -0.4 is 4.90 Å². The maximum atomic E-state index is 9.65. The minimum absolute atomic E-state index is 0.103. The molecule has 0 amide bonds. The second-order valence-corrected chi connectivity index (χ2v) is 14.2. The van der Waals surface area contributed by atoms with Gasteiger partial charge in [-0.15, -0.1) is 0 Å². The van der Waals surface area contributed by atoms with Crippen molar-refractivity contribution in [2.24, 2.45) is 0 Å². The van der Waals surface area contributed by atoms with Crippen molar-refractivity contribution in [3.63, 3.8) is 0 Å². The average molecular weight is 730 g/mol. The predicted molar refractivity (Wildman–Crippen MR) is 243 cm³/mol. The summed E-state index contributed by atoms with van der Waals surface area (Å²) >= 11 is 0. The Balaban J connectivity index is 1.14. The van der Waals surface area contributed by atoms with Crippen molar-refractivity contribution in [2.75, 3.05) is 4.90 Å². The van der Waals surface area contributed by atoms with Crippen LogP contribution >= 0.6 is 0 Å². The van der Waals surface area contributed by atoms with Crippen molar-refractivity contribution in [3.05, 3.63) is 236 Å². The van der Waals surface area contributed by atoms with Gasteiger partial charge in [-0.2, -0.15) is 0 Å². The molecule has 57 heavy (non-hydrogen) atoms. The van der Waals surface area contributed by atoms with Crippen LogP contribution in [0, 0.1) is 0 Å². The maximum absolute atomic E-state index is 9.65. The van der Waals surface area contributed by atoms with Crippen LogP contribution in [0.5, 0.6) is 0 Å². The van der Waals surface area contributed by atoms with Gasteiger partial charge in [0.15, 0.2) is 0 Å². The van der Waals surface area contributed by atoms with Gasteiger partial charge in [-0.3, -0.25) is 0 Å². The maximum Gasteiger partial charge on any atom is 0.0645 e. The third-order valence-electron chi connectivity index (χ3n) is 10.7. The highest BCUT2D eigenvalue weighted by molar-refractivity contribution is 6.04. The number of fused-ring (bicyclic) bond motifs is 2. The fourth-order valence-corrected chi connectivity index (χ4v) is 7.93. The van der Waals surface area contributed by atoms with Crippen LogP contribution in [0.2, 0.25) is 0 Å². The van der Waals surface area contributed by atoms with Gasteiger partial charge in [-0.1, -0.05) is 194 Å². The molecule has 0 atom stereocenters. The average Bonchev–Trinajstić information content (AvgIpc) is 3.32. The van der Waals surface area contributed by atoms with E-state index in [4.69, 9.17) is 0 Å². The minimum Gasteiger partial charge on any atom is -0.310 e. The van der Waals surface area contributed by atoms with E-state index in [0.717, 1.165) is 61.0 Å². The molecule has 0 heterocycles. The van der Waals surface area contributed by atoms with Gasteiger partial charge in [0, 0.05) is 17.1 Å². The van der Waals surface area contributed by atoms with E-state index in [9.17, 15) is 5.48 Å². The molecule has 0 aliphatic rings. The van der Waals surface area contributed by atoms with Crippen LogP contribution in [0.25, 0.3) is 77.2 Å². The normalized spacial score (nSPS) is 12.1. The zero-order valence-electron chi connectivity index (χ0n) is 35.2. The van der Waals surface area contributed by atoms with E-state index in [1.807, 2.05) is 108 Å². The van der Waals surface area contributed by atoms with Crippen LogP contribution in [0.1, 0.15) is 5.48 Å². The third kappa shape index (κ3) is 6.66. The molecule has 0 radical (unpaired) electrons. The number of anilines is 3. The first-order valence-corrected chi connectivity index (χ1v) is 19.3. The molecule has 10 rings (SSSR count). The second kappa shape index (κ2) is 15.0. The lowest BCUT2D eigenvalue weighted by Gasteiger charge is -2.26. The van der Waals surface area contributed by atoms with E-state index < -0.39 is 0 Å². The molecule has 0 saturated heterocycles. The SMILES string of the molecule is [2H]c1c([2H])c(N(c2ccc(-c3ccc4ccccc4c3-c3ccccc3)cc2)c2ccc3ccccc3c2)c([2H])c([2H])c1-c1ccc(-c2ccccc2)c(-c2ccccc2)c1. The topological polar surface area (TPSA) is 3.24 Å². The van der Waals surface area contributed by atoms with E-state index in [2.05, 4.69) is 109 Å². The molecule has 0 aliphatic carbocycles. The molecule has 0 bridgehead atoms. The van der Waals surface area contributed by atoms with Gasteiger partial charge in [0.25, 0.3) is 0 Å². The first kappa shape index (κ1) is 29.8. The summed E-state index contributed by atoms with van der Waals surface area (Å²) in [6.45, 7) is 0. The van der Waals surface area contributed by atoms with E-state index in [1.165, 1.54) is 10.8 Å². The molecule has 10 aromatic rings. The van der Waals surface area contributed by atoms with Crippen molar-refractivity contribution in [1.82, 2.24) is 0 Å². The van der Waals surface area contributed by atoms with Gasteiger partial charge in [0.1, 0.15) is 0 Å². The van der Waals surface area contributed by atoms with Crippen LogP contribution in [0.3, 0.4) is 0 Å². The van der Waals surface area contributed by atoms with Crippen LogP contribution in [0.4, 0.5) is 17.1 Å². The zero-order valence-corrected chi connectivity index (χ0v) is 31.2. The molecule has 268 valence electrons. The zero-order chi connectivity index (χ0) is 41.5. The quantitative estimate of drug-likeness (QED) is 0.151. The number of hydrogen-bond donors (Lipinski definition) is 0. The Morgan fingerprint density at radius 2 is 0.789 bits per heavy atom. The summed E-state index contributed by atoms with van der Waals surface area (Å²) in [4.78, 5) is 1.87. The van der Waals surface area contributed by atoms with Crippen molar-refractivity contribution >= 4 is 38.6 Å². The molecule has 0 N–H and O–H groups in total.